The maximum atomic E-state index is 12.5. The first-order chi connectivity index (χ1) is 14.6. The van der Waals surface area contributed by atoms with E-state index in [0.717, 1.165) is 51.2 Å². The molecule has 1 fully saturated rings. The van der Waals surface area contributed by atoms with Gasteiger partial charge in [0.15, 0.2) is 5.96 Å². The number of guanidine groups is 1. The Morgan fingerprint density at radius 3 is 2.35 bits per heavy atom. The van der Waals surface area contributed by atoms with Crippen LogP contribution >= 0.6 is 24.0 Å². The second-order valence-corrected chi connectivity index (χ2v) is 8.07. The molecule has 0 spiro atoms. The molecule has 0 atom stereocenters. The van der Waals surface area contributed by atoms with Crippen molar-refractivity contribution in [2.45, 2.75) is 64.6 Å². The Morgan fingerprint density at radius 2 is 1.77 bits per heavy atom. The largest absolute Gasteiger partial charge is 0.466 e. The van der Waals surface area contributed by atoms with Crippen LogP contribution < -0.4 is 10.6 Å². The SMILES string of the molecule is CCOC(=O)C1CCC(NC(=NC)NCCCC(=O)N2Cc3ccccc3C2)CC1.I. The molecule has 1 saturated carbocycles. The van der Waals surface area contributed by atoms with Crippen molar-refractivity contribution in [3.05, 3.63) is 35.4 Å². The second-order valence-electron chi connectivity index (χ2n) is 8.07. The highest BCUT2D eigenvalue weighted by molar-refractivity contribution is 14.0. The average molecular weight is 542 g/mol. The molecule has 31 heavy (non-hydrogen) atoms. The topological polar surface area (TPSA) is 83.0 Å². The zero-order valence-corrected chi connectivity index (χ0v) is 20.9. The van der Waals surface area contributed by atoms with Gasteiger partial charge in [-0.25, -0.2) is 0 Å². The van der Waals surface area contributed by atoms with Gasteiger partial charge < -0.3 is 20.3 Å². The van der Waals surface area contributed by atoms with Gasteiger partial charge in [-0.15, -0.1) is 24.0 Å². The number of halogens is 1. The molecule has 3 rings (SSSR count). The van der Waals surface area contributed by atoms with Crippen molar-refractivity contribution in [3.63, 3.8) is 0 Å². The second kappa shape index (κ2) is 12.9. The minimum absolute atomic E-state index is 0. The molecule has 2 aliphatic rings. The summed E-state index contributed by atoms with van der Waals surface area (Å²) in [5.41, 5.74) is 2.51. The Kier molecular flexibility index (Phi) is 10.6. The van der Waals surface area contributed by atoms with Crippen molar-refractivity contribution in [2.75, 3.05) is 20.2 Å². The van der Waals surface area contributed by atoms with E-state index in [1.165, 1.54) is 11.1 Å². The number of carbonyl (C=O) groups is 2. The van der Waals surface area contributed by atoms with E-state index >= 15 is 0 Å². The molecule has 1 aromatic carbocycles. The molecule has 0 unspecified atom stereocenters. The van der Waals surface area contributed by atoms with E-state index in [0.29, 0.717) is 25.6 Å². The van der Waals surface area contributed by atoms with Gasteiger partial charge in [-0.05, 0) is 50.2 Å². The number of carbonyl (C=O) groups excluding carboxylic acids is 2. The van der Waals surface area contributed by atoms with Gasteiger partial charge >= 0.3 is 5.97 Å². The molecule has 1 aliphatic heterocycles. The summed E-state index contributed by atoms with van der Waals surface area (Å²) in [6, 6.07) is 8.56. The lowest BCUT2D eigenvalue weighted by atomic mass is 9.86. The van der Waals surface area contributed by atoms with Gasteiger partial charge in [-0.2, -0.15) is 0 Å². The summed E-state index contributed by atoms with van der Waals surface area (Å²) in [7, 11) is 1.76. The number of benzene rings is 1. The number of esters is 1. The Bertz CT molecular complexity index is 738. The van der Waals surface area contributed by atoms with E-state index in [-0.39, 0.29) is 41.8 Å². The molecule has 0 bridgehead atoms. The molecule has 1 heterocycles. The number of nitrogens with one attached hydrogen (secondary N) is 2. The van der Waals surface area contributed by atoms with Crippen LogP contribution in [-0.4, -0.2) is 49.0 Å². The van der Waals surface area contributed by atoms with Gasteiger partial charge in [-0.1, -0.05) is 24.3 Å². The van der Waals surface area contributed by atoms with Gasteiger partial charge in [0.25, 0.3) is 0 Å². The Hall–Kier alpha value is -1.84. The standard InChI is InChI=1S/C23H34N4O3.HI/c1-3-30-22(29)17-10-12-20(13-11-17)26-23(24-2)25-14-6-9-21(28)27-15-18-7-4-5-8-19(18)16-27;/h4-5,7-8,17,20H,3,6,9-16H2,1-2H3,(H2,24,25,26);1H. The van der Waals surface area contributed by atoms with Gasteiger partial charge in [0.2, 0.25) is 5.91 Å². The number of aliphatic imine (C=N–C) groups is 1. The number of nitrogens with zero attached hydrogens (tertiary/aromatic N) is 2. The monoisotopic (exact) mass is 542 g/mol. The molecule has 1 amide bonds. The van der Waals surface area contributed by atoms with E-state index in [4.69, 9.17) is 4.74 Å². The molecule has 0 saturated heterocycles. The highest BCUT2D eigenvalue weighted by atomic mass is 127. The van der Waals surface area contributed by atoms with Crippen LogP contribution in [0.4, 0.5) is 0 Å². The first-order valence-corrected chi connectivity index (χ1v) is 11.1. The Labute approximate surface area is 202 Å². The van der Waals surface area contributed by atoms with Crippen LogP contribution in [0, 0.1) is 5.92 Å². The molecule has 0 aromatic heterocycles. The summed E-state index contributed by atoms with van der Waals surface area (Å²) in [5, 5.41) is 6.75. The highest BCUT2D eigenvalue weighted by Crippen LogP contribution is 2.25. The quantitative estimate of drug-likeness (QED) is 0.182. The van der Waals surface area contributed by atoms with Gasteiger partial charge in [0.1, 0.15) is 0 Å². The van der Waals surface area contributed by atoms with Crippen molar-refractivity contribution in [1.29, 1.82) is 0 Å². The fourth-order valence-corrected chi connectivity index (χ4v) is 4.24. The molecule has 7 nitrogen and oxygen atoms in total. The first kappa shape index (κ1) is 25.4. The van der Waals surface area contributed by atoms with E-state index in [2.05, 4.69) is 27.8 Å². The summed E-state index contributed by atoms with van der Waals surface area (Å²) in [4.78, 5) is 30.6. The fraction of sp³-hybridized carbons (Fsp3) is 0.609. The summed E-state index contributed by atoms with van der Waals surface area (Å²) in [6.07, 6.45) is 4.85. The normalized spacial score (nSPS) is 20.5. The molecule has 2 N–H and O–H groups in total. The Balaban J connectivity index is 0.00000341. The fourth-order valence-electron chi connectivity index (χ4n) is 4.24. The van der Waals surface area contributed by atoms with Crippen LogP contribution in [0.2, 0.25) is 0 Å². The van der Waals surface area contributed by atoms with Crippen molar-refractivity contribution < 1.29 is 14.3 Å². The van der Waals surface area contributed by atoms with E-state index in [1.807, 2.05) is 24.0 Å². The number of rotatable bonds is 7. The number of hydrogen-bond acceptors (Lipinski definition) is 4. The molecule has 1 aromatic rings. The summed E-state index contributed by atoms with van der Waals surface area (Å²) in [5.74, 6) is 0.925. The van der Waals surface area contributed by atoms with Crippen molar-refractivity contribution in [3.8, 4) is 0 Å². The third-order valence-corrected chi connectivity index (χ3v) is 5.96. The summed E-state index contributed by atoms with van der Waals surface area (Å²) in [6.45, 7) is 4.43. The third-order valence-electron chi connectivity index (χ3n) is 5.96. The van der Waals surface area contributed by atoms with Crippen LogP contribution in [0.25, 0.3) is 0 Å². The smallest absolute Gasteiger partial charge is 0.308 e. The maximum Gasteiger partial charge on any atom is 0.308 e. The highest BCUT2D eigenvalue weighted by Gasteiger charge is 2.27. The lowest BCUT2D eigenvalue weighted by molar-refractivity contribution is -0.149. The van der Waals surface area contributed by atoms with Gasteiger partial charge in [-0.3, -0.25) is 14.6 Å². The molecule has 172 valence electrons. The third kappa shape index (κ3) is 7.36. The number of ether oxygens (including phenoxy) is 1. The first-order valence-electron chi connectivity index (χ1n) is 11.1. The van der Waals surface area contributed by atoms with Crippen molar-refractivity contribution in [2.24, 2.45) is 10.9 Å². The molecule has 0 radical (unpaired) electrons. The minimum atomic E-state index is -0.0655. The van der Waals surface area contributed by atoms with Crippen molar-refractivity contribution >= 4 is 41.8 Å². The lowest BCUT2D eigenvalue weighted by Crippen LogP contribution is -2.45. The molecular weight excluding hydrogens is 507 g/mol. The maximum absolute atomic E-state index is 12.5. The Morgan fingerprint density at radius 1 is 1.13 bits per heavy atom. The van der Waals surface area contributed by atoms with Gasteiger partial charge in [0.05, 0.1) is 12.5 Å². The van der Waals surface area contributed by atoms with Crippen molar-refractivity contribution in [1.82, 2.24) is 15.5 Å². The zero-order valence-electron chi connectivity index (χ0n) is 18.6. The van der Waals surface area contributed by atoms with Crippen LogP contribution in [-0.2, 0) is 27.4 Å². The van der Waals surface area contributed by atoms with Gasteiger partial charge in [0, 0.05) is 39.1 Å². The van der Waals surface area contributed by atoms with Crippen LogP contribution in [0.5, 0.6) is 0 Å². The molecule has 8 heteroatoms. The van der Waals surface area contributed by atoms with Crippen LogP contribution in [0.1, 0.15) is 56.6 Å². The number of fused-ring (bicyclic) bond motifs is 1. The minimum Gasteiger partial charge on any atom is -0.466 e. The predicted molar refractivity (Wildman–Crippen MR) is 132 cm³/mol. The van der Waals surface area contributed by atoms with E-state index < -0.39 is 0 Å². The summed E-state index contributed by atoms with van der Waals surface area (Å²) < 4.78 is 5.13. The van der Waals surface area contributed by atoms with Crippen LogP contribution in [0.15, 0.2) is 29.3 Å². The predicted octanol–water partition coefficient (Wildman–Crippen LogP) is 3.21. The van der Waals surface area contributed by atoms with E-state index in [9.17, 15) is 9.59 Å². The average Bonchev–Trinajstić information content (AvgIpc) is 3.21. The number of amides is 1. The molecular formula is C23H35IN4O3. The van der Waals surface area contributed by atoms with E-state index in [1.54, 1.807) is 7.05 Å². The van der Waals surface area contributed by atoms with Crippen LogP contribution in [0.3, 0.4) is 0 Å². The molecule has 1 aliphatic carbocycles. The summed E-state index contributed by atoms with van der Waals surface area (Å²) >= 11 is 0. The zero-order chi connectivity index (χ0) is 21.3. The number of hydrogen-bond donors (Lipinski definition) is 2. The lowest BCUT2D eigenvalue weighted by Gasteiger charge is -2.29.